The lowest BCUT2D eigenvalue weighted by Gasteiger charge is -2.35. The SMILES string of the molecule is O=C(NC(C(=O)N1CCCC[C@@H]1C(=O)O)c1cccs1)OCC1c2ccccc2-c2ccccc21. The molecule has 1 unspecified atom stereocenters. The number of hydrogen-bond acceptors (Lipinski definition) is 5. The number of nitrogens with zero attached hydrogens (tertiary/aromatic N) is 1. The summed E-state index contributed by atoms with van der Waals surface area (Å²) in [6.45, 7) is 0.483. The van der Waals surface area contributed by atoms with Crippen molar-refractivity contribution in [2.45, 2.75) is 37.3 Å². The minimum Gasteiger partial charge on any atom is -0.480 e. The fourth-order valence-corrected chi connectivity index (χ4v) is 5.85. The van der Waals surface area contributed by atoms with E-state index in [-0.39, 0.29) is 12.5 Å². The van der Waals surface area contributed by atoms with Gasteiger partial charge in [-0.25, -0.2) is 9.59 Å². The first-order chi connectivity index (χ1) is 17.0. The molecule has 1 aliphatic carbocycles. The van der Waals surface area contributed by atoms with Crippen LogP contribution >= 0.6 is 11.3 Å². The van der Waals surface area contributed by atoms with Gasteiger partial charge in [-0.3, -0.25) is 4.79 Å². The zero-order chi connectivity index (χ0) is 24.4. The molecule has 2 aliphatic rings. The van der Waals surface area contributed by atoms with Crippen molar-refractivity contribution in [2.24, 2.45) is 0 Å². The maximum absolute atomic E-state index is 13.4. The molecule has 2 aromatic carbocycles. The Morgan fingerprint density at radius 1 is 1.00 bits per heavy atom. The van der Waals surface area contributed by atoms with E-state index < -0.39 is 30.1 Å². The molecule has 7 nitrogen and oxygen atoms in total. The van der Waals surface area contributed by atoms with Gasteiger partial charge in [0.25, 0.3) is 5.91 Å². The van der Waals surface area contributed by atoms with Crippen LogP contribution in [-0.4, -0.2) is 47.2 Å². The van der Waals surface area contributed by atoms with Crippen molar-refractivity contribution in [3.05, 3.63) is 82.0 Å². The summed E-state index contributed by atoms with van der Waals surface area (Å²) in [7, 11) is 0. The molecule has 2 N–H and O–H groups in total. The number of amides is 2. The molecular formula is C27H26N2O5S. The van der Waals surface area contributed by atoms with Gasteiger partial charge in [0.2, 0.25) is 0 Å². The van der Waals surface area contributed by atoms with Crippen LogP contribution in [0.5, 0.6) is 0 Å². The topological polar surface area (TPSA) is 95.9 Å². The molecule has 3 aromatic rings. The predicted octanol–water partition coefficient (Wildman–Crippen LogP) is 4.79. The van der Waals surface area contributed by atoms with Gasteiger partial charge in [0.15, 0.2) is 0 Å². The summed E-state index contributed by atoms with van der Waals surface area (Å²) in [6, 6.07) is 17.8. The number of likely N-dealkylation sites (tertiary alicyclic amines) is 1. The minimum atomic E-state index is -1.02. The van der Waals surface area contributed by atoms with Crippen LogP contribution in [0.4, 0.5) is 4.79 Å². The van der Waals surface area contributed by atoms with Gasteiger partial charge in [0.1, 0.15) is 18.7 Å². The van der Waals surface area contributed by atoms with E-state index in [1.165, 1.54) is 16.2 Å². The highest BCUT2D eigenvalue weighted by Crippen LogP contribution is 2.44. The molecule has 35 heavy (non-hydrogen) atoms. The van der Waals surface area contributed by atoms with Crippen LogP contribution in [-0.2, 0) is 14.3 Å². The van der Waals surface area contributed by atoms with Gasteiger partial charge in [0.05, 0.1) is 0 Å². The molecule has 1 saturated heterocycles. The average molecular weight is 491 g/mol. The van der Waals surface area contributed by atoms with E-state index in [2.05, 4.69) is 17.4 Å². The van der Waals surface area contributed by atoms with E-state index in [1.807, 2.05) is 41.8 Å². The van der Waals surface area contributed by atoms with Crippen LogP contribution in [0.25, 0.3) is 11.1 Å². The van der Waals surface area contributed by atoms with E-state index in [9.17, 15) is 19.5 Å². The molecule has 180 valence electrons. The Morgan fingerprint density at radius 2 is 1.69 bits per heavy atom. The first-order valence-electron chi connectivity index (χ1n) is 11.7. The van der Waals surface area contributed by atoms with Crippen molar-refractivity contribution in [2.75, 3.05) is 13.2 Å². The number of piperidine rings is 1. The number of hydrogen-bond donors (Lipinski definition) is 2. The zero-order valence-electron chi connectivity index (χ0n) is 19.1. The highest BCUT2D eigenvalue weighted by molar-refractivity contribution is 7.10. The molecule has 1 aromatic heterocycles. The summed E-state index contributed by atoms with van der Waals surface area (Å²) in [5.74, 6) is -1.54. The number of aliphatic carboxylic acids is 1. The predicted molar refractivity (Wildman–Crippen MR) is 132 cm³/mol. The van der Waals surface area contributed by atoms with Gasteiger partial charge in [0, 0.05) is 17.3 Å². The summed E-state index contributed by atoms with van der Waals surface area (Å²) >= 11 is 1.33. The molecule has 2 amide bonds. The lowest BCUT2D eigenvalue weighted by molar-refractivity contribution is -0.153. The second kappa shape index (κ2) is 9.92. The molecule has 8 heteroatoms. The fourth-order valence-electron chi connectivity index (χ4n) is 5.09. The highest BCUT2D eigenvalue weighted by Gasteiger charge is 2.37. The van der Waals surface area contributed by atoms with Crippen LogP contribution in [0.3, 0.4) is 0 Å². The first kappa shape index (κ1) is 23.1. The summed E-state index contributed by atoms with van der Waals surface area (Å²) in [5, 5.41) is 14.1. The third-order valence-electron chi connectivity index (χ3n) is 6.75. The number of thiophene rings is 1. The molecule has 1 aliphatic heterocycles. The molecule has 1 fully saturated rings. The number of carbonyl (C=O) groups excluding carboxylic acids is 2. The van der Waals surface area contributed by atoms with Crippen molar-refractivity contribution in [1.29, 1.82) is 0 Å². The Hall–Kier alpha value is -3.65. The van der Waals surface area contributed by atoms with Gasteiger partial charge in [-0.05, 0) is 53.0 Å². The number of benzene rings is 2. The smallest absolute Gasteiger partial charge is 0.408 e. The normalized spacial score (nSPS) is 17.8. The zero-order valence-corrected chi connectivity index (χ0v) is 19.9. The van der Waals surface area contributed by atoms with E-state index >= 15 is 0 Å². The number of carbonyl (C=O) groups is 3. The van der Waals surface area contributed by atoms with E-state index in [0.29, 0.717) is 17.8 Å². The van der Waals surface area contributed by atoms with Crippen molar-refractivity contribution in [3.63, 3.8) is 0 Å². The first-order valence-corrected chi connectivity index (χ1v) is 12.6. The quantitative estimate of drug-likeness (QED) is 0.518. The van der Waals surface area contributed by atoms with Gasteiger partial charge < -0.3 is 20.1 Å². The van der Waals surface area contributed by atoms with Crippen molar-refractivity contribution in [3.8, 4) is 11.1 Å². The average Bonchev–Trinajstić information content (AvgIpc) is 3.52. The number of rotatable bonds is 6. The van der Waals surface area contributed by atoms with E-state index in [4.69, 9.17) is 4.74 Å². The second-order valence-electron chi connectivity index (χ2n) is 8.80. The molecular weight excluding hydrogens is 464 g/mol. The summed E-state index contributed by atoms with van der Waals surface area (Å²) in [6.07, 6.45) is 1.19. The number of carboxylic acid groups (broad SMARTS) is 1. The van der Waals surface area contributed by atoms with E-state index in [0.717, 1.165) is 35.1 Å². The molecule has 0 spiro atoms. The molecule has 0 saturated carbocycles. The molecule has 5 rings (SSSR count). The Balaban J connectivity index is 1.32. The number of alkyl carbamates (subject to hydrolysis) is 1. The molecule has 0 bridgehead atoms. The number of nitrogens with one attached hydrogen (secondary N) is 1. The monoisotopic (exact) mass is 490 g/mol. The molecule has 0 radical (unpaired) electrons. The number of carboxylic acids is 1. The maximum atomic E-state index is 13.4. The minimum absolute atomic E-state index is 0.0949. The van der Waals surface area contributed by atoms with Gasteiger partial charge in [-0.2, -0.15) is 0 Å². The van der Waals surface area contributed by atoms with Crippen molar-refractivity contribution < 1.29 is 24.2 Å². The fraction of sp³-hybridized carbons (Fsp3) is 0.296. The molecule has 2 heterocycles. The van der Waals surface area contributed by atoms with Crippen LogP contribution in [0.2, 0.25) is 0 Å². The van der Waals surface area contributed by atoms with Crippen molar-refractivity contribution in [1.82, 2.24) is 10.2 Å². The Labute approximate surface area is 207 Å². The van der Waals surface area contributed by atoms with Crippen molar-refractivity contribution >= 4 is 29.3 Å². The highest BCUT2D eigenvalue weighted by atomic mass is 32.1. The third-order valence-corrected chi connectivity index (χ3v) is 7.69. The summed E-state index contributed by atoms with van der Waals surface area (Å²) in [4.78, 5) is 40.1. The summed E-state index contributed by atoms with van der Waals surface area (Å²) in [5.41, 5.74) is 4.47. The maximum Gasteiger partial charge on any atom is 0.408 e. The Bertz CT molecular complexity index is 1200. The third kappa shape index (κ3) is 4.53. The standard InChI is InChI=1S/C27H26N2O5S/c30-25(29-14-6-5-12-22(29)26(31)32)24(23-13-7-15-35-23)28-27(33)34-16-21-19-10-3-1-8-17(19)18-9-2-4-11-20(18)21/h1-4,7-11,13,15,21-22,24H,5-6,12,14,16H2,(H,28,33)(H,31,32)/t22-,24?/m1/s1. The lowest BCUT2D eigenvalue weighted by atomic mass is 9.98. The van der Waals surface area contributed by atoms with Crippen LogP contribution in [0, 0.1) is 0 Å². The van der Waals surface area contributed by atoms with Crippen LogP contribution in [0.15, 0.2) is 66.0 Å². The second-order valence-corrected chi connectivity index (χ2v) is 9.78. The van der Waals surface area contributed by atoms with Crippen LogP contribution in [0.1, 0.15) is 47.2 Å². The number of ether oxygens (including phenoxy) is 1. The van der Waals surface area contributed by atoms with Gasteiger partial charge in [-0.15, -0.1) is 11.3 Å². The summed E-state index contributed by atoms with van der Waals surface area (Å²) < 4.78 is 5.65. The largest absolute Gasteiger partial charge is 0.480 e. The Kier molecular flexibility index (Phi) is 6.55. The Morgan fingerprint density at radius 3 is 2.31 bits per heavy atom. The lowest BCUT2D eigenvalue weighted by Crippen LogP contribution is -2.52. The van der Waals surface area contributed by atoms with Gasteiger partial charge >= 0.3 is 12.1 Å². The van der Waals surface area contributed by atoms with Gasteiger partial charge in [-0.1, -0.05) is 54.6 Å². The van der Waals surface area contributed by atoms with E-state index in [1.54, 1.807) is 12.1 Å². The van der Waals surface area contributed by atoms with Crippen LogP contribution < -0.4 is 5.32 Å². The molecule has 2 atom stereocenters. The number of fused-ring (bicyclic) bond motifs is 3.